The summed E-state index contributed by atoms with van der Waals surface area (Å²) < 4.78 is 20.3. The maximum Gasteiger partial charge on any atom is 0.312 e. The third-order valence-electron chi connectivity index (χ3n) is 3.23. The molecule has 18 heavy (non-hydrogen) atoms. The Kier molecular flexibility index (Phi) is 3.58. The van der Waals surface area contributed by atoms with Gasteiger partial charge in [-0.1, -0.05) is 0 Å². The third kappa shape index (κ3) is 2.34. The molecule has 1 aromatic rings. The molecule has 2 rings (SSSR count). The van der Waals surface area contributed by atoms with Gasteiger partial charge in [0.1, 0.15) is 24.0 Å². The molecular formula is C10H16FN4O3+. The maximum absolute atomic E-state index is 13.5. The lowest BCUT2D eigenvalue weighted by atomic mass is 10.0. The van der Waals surface area contributed by atoms with Crippen molar-refractivity contribution in [3.63, 3.8) is 0 Å². The Morgan fingerprint density at radius 1 is 1.67 bits per heavy atom. The molecule has 100 valence electrons. The zero-order chi connectivity index (χ0) is 13.3. The van der Waals surface area contributed by atoms with E-state index in [9.17, 15) is 14.5 Å². The van der Waals surface area contributed by atoms with Crippen LogP contribution in [0.25, 0.3) is 0 Å². The van der Waals surface area contributed by atoms with Gasteiger partial charge in [0, 0.05) is 13.5 Å². The highest BCUT2D eigenvalue weighted by molar-refractivity contribution is 5.34. The molecule has 1 aromatic heterocycles. The van der Waals surface area contributed by atoms with E-state index in [4.69, 9.17) is 4.74 Å². The predicted octanol–water partition coefficient (Wildman–Crippen LogP) is 0.128. The molecular weight excluding hydrogens is 243 g/mol. The van der Waals surface area contributed by atoms with E-state index in [0.717, 1.165) is 0 Å². The highest BCUT2D eigenvalue weighted by atomic mass is 19.1. The Labute approximate surface area is 103 Å². The van der Waals surface area contributed by atoms with Crippen molar-refractivity contribution >= 4 is 5.69 Å². The predicted molar refractivity (Wildman–Crippen MR) is 59.4 cm³/mol. The second-order valence-electron chi connectivity index (χ2n) is 4.47. The van der Waals surface area contributed by atoms with Crippen LogP contribution in [0.5, 0.6) is 0 Å². The van der Waals surface area contributed by atoms with Crippen molar-refractivity contribution in [2.24, 2.45) is 7.05 Å². The Balaban J connectivity index is 2.26. The molecule has 1 fully saturated rings. The summed E-state index contributed by atoms with van der Waals surface area (Å²) in [6.07, 6.45) is 0.617. The minimum atomic E-state index is -1.12. The quantitative estimate of drug-likeness (QED) is 0.602. The fourth-order valence-electron chi connectivity index (χ4n) is 2.14. The molecule has 3 N–H and O–H groups in total. The van der Waals surface area contributed by atoms with Crippen molar-refractivity contribution in [3.8, 4) is 0 Å². The fourth-order valence-corrected chi connectivity index (χ4v) is 2.14. The van der Waals surface area contributed by atoms with E-state index in [1.165, 1.54) is 10.9 Å². The number of aromatic nitrogens is 2. The first-order chi connectivity index (χ1) is 8.50. The molecule has 0 aliphatic carbocycles. The van der Waals surface area contributed by atoms with E-state index in [1.54, 1.807) is 7.05 Å². The number of hydrogen-bond acceptors (Lipinski definition) is 4. The number of aryl methyl sites for hydroxylation is 1. The summed E-state index contributed by atoms with van der Waals surface area (Å²) in [5, 5.41) is 14.8. The van der Waals surface area contributed by atoms with E-state index in [0.29, 0.717) is 18.5 Å². The minimum Gasteiger partial charge on any atom is -0.368 e. The first kappa shape index (κ1) is 12.9. The average molecular weight is 259 g/mol. The van der Waals surface area contributed by atoms with Crippen LogP contribution in [-0.2, 0) is 11.8 Å². The number of quaternary nitrogens is 1. The van der Waals surface area contributed by atoms with Crippen LogP contribution in [0, 0.1) is 10.1 Å². The molecule has 3 unspecified atom stereocenters. The van der Waals surface area contributed by atoms with Crippen molar-refractivity contribution in [1.29, 1.82) is 0 Å². The number of halogens is 1. The van der Waals surface area contributed by atoms with Crippen LogP contribution in [0.4, 0.5) is 10.1 Å². The lowest BCUT2D eigenvalue weighted by Crippen LogP contribution is -2.65. The second-order valence-corrected chi connectivity index (χ2v) is 4.47. The third-order valence-corrected chi connectivity index (χ3v) is 3.23. The highest BCUT2D eigenvalue weighted by Gasteiger charge is 2.33. The SMILES string of the molecule is Cn1ncc([N+](=O)[O-])c1C1CCC([NH3+])C(F)CO1. The van der Waals surface area contributed by atoms with E-state index >= 15 is 0 Å². The number of rotatable bonds is 2. The van der Waals surface area contributed by atoms with Crippen LogP contribution in [0.2, 0.25) is 0 Å². The molecule has 0 bridgehead atoms. The first-order valence-electron chi connectivity index (χ1n) is 5.75. The van der Waals surface area contributed by atoms with Gasteiger partial charge in [-0.2, -0.15) is 5.10 Å². The van der Waals surface area contributed by atoms with Crippen LogP contribution < -0.4 is 5.73 Å². The highest BCUT2D eigenvalue weighted by Crippen LogP contribution is 2.32. The Morgan fingerprint density at radius 3 is 3.06 bits per heavy atom. The summed E-state index contributed by atoms with van der Waals surface area (Å²) in [4.78, 5) is 10.4. The Bertz CT molecular complexity index is 438. The summed E-state index contributed by atoms with van der Waals surface area (Å²) in [6, 6.07) is -0.331. The molecule has 0 amide bonds. The van der Waals surface area contributed by atoms with Crippen molar-refractivity contribution in [3.05, 3.63) is 22.0 Å². The van der Waals surface area contributed by atoms with Crippen molar-refractivity contribution < 1.29 is 19.8 Å². The van der Waals surface area contributed by atoms with Gasteiger partial charge >= 0.3 is 5.69 Å². The zero-order valence-corrected chi connectivity index (χ0v) is 10.1. The number of nitro groups is 1. The first-order valence-corrected chi connectivity index (χ1v) is 5.75. The van der Waals surface area contributed by atoms with Gasteiger partial charge in [0.25, 0.3) is 0 Å². The van der Waals surface area contributed by atoms with E-state index in [-0.39, 0.29) is 18.3 Å². The summed E-state index contributed by atoms with van der Waals surface area (Å²) in [6.45, 7) is -0.0822. The summed E-state index contributed by atoms with van der Waals surface area (Å²) in [7, 11) is 1.62. The average Bonchev–Trinajstić information content (AvgIpc) is 2.63. The second kappa shape index (κ2) is 4.99. The summed E-state index contributed by atoms with van der Waals surface area (Å²) in [5.41, 5.74) is 4.03. The molecule has 8 heteroatoms. The monoisotopic (exact) mass is 259 g/mol. The van der Waals surface area contributed by atoms with Gasteiger partial charge in [-0.3, -0.25) is 14.8 Å². The van der Waals surface area contributed by atoms with E-state index < -0.39 is 17.2 Å². The largest absolute Gasteiger partial charge is 0.368 e. The molecule has 0 radical (unpaired) electrons. The Hall–Kier alpha value is -1.54. The lowest BCUT2D eigenvalue weighted by molar-refractivity contribution is -0.433. The van der Waals surface area contributed by atoms with Crippen LogP contribution >= 0.6 is 0 Å². The van der Waals surface area contributed by atoms with Crippen LogP contribution in [-0.4, -0.2) is 33.5 Å². The van der Waals surface area contributed by atoms with Crippen molar-refractivity contribution in [2.75, 3.05) is 6.61 Å². The zero-order valence-electron chi connectivity index (χ0n) is 10.1. The van der Waals surface area contributed by atoms with Gasteiger partial charge in [-0.15, -0.1) is 0 Å². The smallest absolute Gasteiger partial charge is 0.312 e. The molecule has 0 saturated carbocycles. The van der Waals surface area contributed by atoms with Crippen molar-refractivity contribution in [1.82, 2.24) is 9.78 Å². The summed E-state index contributed by atoms with van der Waals surface area (Å²) in [5.74, 6) is 0. The molecule has 1 aliphatic heterocycles. The molecule has 1 aliphatic rings. The van der Waals surface area contributed by atoms with Gasteiger partial charge in [0.05, 0.1) is 11.5 Å². The Morgan fingerprint density at radius 2 is 2.39 bits per heavy atom. The van der Waals surface area contributed by atoms with Crippen molar-refractivity contribution in [2.45, 2.75) is 31.2 Å². The maximum atomic E-state index is 13.5. The lowest BCUT2D eigenvalue weighted by Gasteiger charge is -2.14. The van der Waals surface area contributed by atoms with Gasteiger partial charge in [-0.25, -0.2) is 4.39 Å². The van der Waals surface area contributed by atoms with E-state index in [2.05, 4.69) is 10.8 Å². The van der Waals surface area contributed by atoms with Gasteiger partial charge in [0.15, 0.2) is 6.17 Å². The van der Waals surface area contributed by atoms with Crippen LogP contribution in [0.15, 0.2) is 6.20 Å². The van der Waals surface area contributed by atoms with Gasteiger partial charge < -0.3 is 10.5 Å². The normalized spacial score (nSPS) is 28.9. The molecule has 3 atom stereocenters. The minimum absolute atomic E-state index is 0.0822. The molecule has 0 spiro atoms. The van der Waals surface area contributed by atoms with Gasteiger partial charge in [0.2, 0.25) is 0 Å². The molecule has 7 nitrogen and oxygen atoms in total. The van der Waals surface area contributed by atoms with Crippen LogP contribution in [0.3, 0.4) is 0 Å². The standard InChI is InChI=1S/C10H15FN4O3/c1-14-10(8(4-13-14)15(16)17)9-3-2-7(12)6(11)5-18-9/h4,6-7,9H,2-3,5,12H2,1H3/p+1. The van der Waals surface area contributed by atoms with E-state index in [1.807, 2.05) is 0 Å². The van der Waals surface area contributed by atoms with Gasteiger partial charge in [-0.05, 0) is 6.42 Å². The number of alkyl halides is 1. The molecule has 2 heterocycles. The topological polar surface area (TPSA) is 97.8 Å². The number of hydrogen-bond donors (Lipinski definition) is 1. The number of nitrogens with zero attached hydrogens (tertiary/aromatic N) is 3. The number of ether oxygens (including phenoxy) is 1. The summed E-state index contributed by atoms with van der Waals surface area (Å²) >= 11 is 0. The fraction of sp³-hybridized carbons (Fsp3) is 0.700. The van der Waals surface area contributed by atoms with Crippen LogP contribution in [0.1, 0.15) is 24.6 Å². The molecule has 0 aromatic carbocycles. The molecule has 1 saturated heterocycles.